The summed E-state index contributed by atoms with van der Waals surface area (Å²) >= 11 is 0. The molecular weight excluding hydrogens is 272 g/mol. The van der Waals surface area contributed by atoms with Gasteiger partial charge in [-0.25, -0.2) is 0 Å². The molecule has 0 saturated carbocycles. The molecule has 0 radical (unpaired) electrons. The first-order valence-corrected chi connectivity index (χ1v) is 9.47. The van der Waals surface area contributed by atoms with Crippen LogP contribution in [0.3, 0.4) is 0 Å². The number of hydrogen-bond donors (Lipinski definition) is 2. The van der Waals surface area contributed by atoms with E-state index in [1.807, 2.05) is 26.8 Å². The Morgan fingerprint density at radius 1 is 1.00 bits per heavy atom. The largest absolute Gasteiger partial charge is 0.518 e. The fourth-order valence-corrected chi connectivity index (χ4v) is 5.04. The molecule has 20 heavy (non-hydrogen) atoms. The monoisotopic (exact) mass is 304 g/mol. The van der Waals surface area contributed by atoms with Gasteiger partial charge in [0.2, 0.25) is 0 Å². The maximum atomic E-state index is 5.94. The van der Waals surface area contributed by atoms with Gasteiger partial charge in [0.25, 0.3) is 0 Å². The molecule has 120 valence electrons. The summed E-state index contributed by atoms with van der Waals surface area (Å²) < 4.78 is 17.8. The average Bonchev–Trinajstić information content (AvgIpc) is 2.43. The lowest BCUT2D eigenvalue weighted by atomic mass is 10.4. The standard InChI is InChI=1S/C14H32N2O3Si/c1-6-11-15-12-13-16-14(7-2)20(17-8-3,18-9-4)19-10-5/h6,14-16H,1,7-13H2,2-5H3. The molecule has 0 rings (SSSR count). The van der Waals surface area contributed by atoms with Crippen molar-refractivity contribution in [2.45, 2.75) is 39.8 Å². The summed E-state index contributed by atoms with van der Waals surface area (Å²) in [6, 6.07) is 0. The van der Waals surface area contributed by atoms with Crippen LogP contribution in [-0.2, 0) is 13.3 Å². The second kappa shape index (κ2) is 12.5. The first-order chi connectivity index (χ1) is 9.70. The Bertz CT molecular complexity index is 225. The van der Waals surface area contributed by atoms with Crippen molar-refractivity contribution in [1.29, 1.82) is 0 Å². The van der Waals surface area contributed by atoms with E-state index in [1.54, 1.807) is 0 Å². The Morgan fingerprint density at radius 2 is 1.55 bits per heavy atom. The predicted molar refractivity (Wildman–Crippen MR) is 85.8 cm³/mol. The van der Waals surface area contributed by atoms with Gasteiger partial charge >= 0.3 is 8.80 Å². The van der Waals surface area contributed by atoms with Gasteiger partial charge in [0.05, 0.1) is 5.67 Å². The van der Waals surface area contributed by atoms with E-state index < -0.39 is 8.80 Å². The average molecular weight is 305 g/mol. The van der Waals surface area contributed by atoms with Crippen molar-refractivity contribution in [3.05, 3.63) is 12.7 Å². The summed E-state index contributed by atoms with van der Waals surface area (Å²) in [4.78, 5) is 0. The minimum absolute atomic E-state index is 0.132. The highest BCUT2D eigenvalue weighted by atomic mass is 28.4. The molecule has 0 aliphatic carbocycles. The van der Waals surface area contributed by atoms with Crippen LogP contribution in [0.4, 0.5) is 0 Å². The first-order valence-electron chi connectivity index (χ1n) is 7.67. The Balaban J connectivity index is 4.56. The molecule has 0 aliphatic heterocycles. The molecule has 5 nitrogen and oxygen atoms in total. The molecule has 0 bridgehead atoms. The number of nitrogens with one attached hydrogen (secondary N) is 2. The third-order valence-corrected chi connectivity index (χ3v) is 6.39. The fourth-order valence-electron chi connectivity index (χ4n) is 2.09. The summed E-state index contributed by atoms with van der Waals surface area (Å²) in [5.41, 5.74) is 0.132. The van der Waals surface area contributed by atoms with Crippen molar-refractivity contribution >= 4 is 8.80 Å². The SMILES string of the molecule is C=CCNCCNC(CC)[Si](OCC)(OCC)OCC. The Hall–Kier alpha value is -0.243. The fraction of sp³-hybridized carbons (Fsp3) is 0.857. The first kappa shape index (κ1) is 19.8. The third kappa shape index (κ3) is 6.96. The molecule has 0 aromatic carbocycles. The molecule has 0 heterocycles. The van der Waals surface area contributed by atoms with Gasteiger partial charge in [-0.2, -0.15) is 0 Å². The van der Waals surface area contributed by atoms with Crippen LogP contribution < -0.4 is 10.6 Å². The van der Waals surface area contributed by atoms with Crippen molar-refractivity contribution in [3.63, 3.8) is 0 Å². The van der Waals surface area contributed by atoms with Crippen LogP contribution in [0.15, 0.2) is 12.7 Å². The van der Waals surface area contributed by atoms with E-state index in [0.717, 1.165) is 26.1 Å². The van der Waals surface area contributed by atoms with Crippen LogP contribution >= 0.6 is 0 Å². The van der Waals surface area contributed by atoms with Crippen LogP contribution in [0.5, 0.6) is 0 Å². The van der Waals surface area contributed by atoms with Crippen molar-refractivity contribution in [3.8, 4) is 0 Å². The van der Waals surface area contributed by atoms with Crippen LogP contribution in [0.25, 0.3) is 0 Å². The summed E-state index contributed by atoms with van der Waals surface area (Å²) in [5, 5.41) is 6.79. The van der Waals surface area contributed by atoms with E-state index in [4.69, 9.17) is 13.3 Å². The summed E-state index contributed by atoms with van der Waals surface area (Å²) in [6.45, 7) is 16.2. The number of hydrogen-bond acceptors (Lipinski definition) is 5. The lowest BCUT2D eigenvalue weighted by Gasteiger charge is -2.35. The van der Waals surface area contributed by atoms with E-state index in [0.29, 0.717) is 19.8 Å². The van der Waals surface area contributed by atoms with Gasteiger partial charge in [-0.3, -0.25) is 0 Å². The Morgan fingerprint density at radius 3 is 1.95 bits per heavy atom. The lowest BCUT2D eigenvalue weighted by Crippen LogP contribution is -2.62. The molecule has 0 amide bonds. The molecule has 0 aliphatic rings. The van der Waals surface area contributed by atoms with Crippen molar-refractivity contribution in [2.75, 3.05) is 39.5 Å². The summed E-state index contributed by atoms with van der Waals surface area (Å²) in [6.07, 6.45) is 2.78. The van der Waals surface area contributed by atoms with Gasteiger partial charge < -0.3 is 23.9 Å². The zero-order valence-corrected chi connectivity index (χ0v) is 14.5. The van der Waals surface area contributed by atoms with Crippen LogP contribution in [0, 0.1) is 0 Å². The molecular formula is C14H32N2O3Si. The topological polar surface area (TPSA) is 51.8 Å². The minimum Gasteiger partial charge on any atom is -0.373 e. The van der Waals surface area contributed by atoms with Crippen molar-refractivity contribution in [2.24, 2.45) is 0 Å². The Labute approximate surface area is 125 Å². The third-order valence-electron chi connectivity index (χ3n) is 2.85. The van der Waals surface area contributed by atoms with Gasteiger partial charge in [0.1, 0.15) is 0 Å². The molecule has 0 aromatic rings. The molecule has 0 aromatic heterocycles. The molecule has 0 saturated heterocycles. The highest BCUT2D eigenvalue weighted by Crippen LogP contribution is 2.17. The van der Waals surface area contributed by atoms with E-state index >= 15 is 0 Å². The van der Waals surface area contributed by atoms with E-state index in [9.17, 15) is 0 Å². The van der Waals surface area contributed by atoms with E-state index in [1.165, 1.54) is 0 Å². The zero-order chi connectivity index (χ0) is 15.3. The highest BCUT2D eigenvalue weighted by molar-refractivity contribution is 6.62. The second-order valence-corrected chi connectivity index (χ2v) is 7.08. The predicted octanol–water partition coefficient (Wildman–Crippen LogP) is 1.72. The smallest absolute Gasteiger partial charge is 0.373 e. The van der Waals surface area contributed by atoms with E-state index in [-0.39, 0.29) is 5.67 Å². The van der Waals surface area contributed by atoms with Gasteiger partial charge in [0.15, 0.2) is 0 Å². The van der Waals surface area contributed by atoms with Crippen LogP contribution in [-0.4, -0.2) is 53.9 Å². The van der Waals surface area contributed by atoms with Gasteiger partial charge in [-0.1, -0.05) is 13.0 Å². The number of rotatable bonds is 14. The maximum absolute atomic E-state index is 5.94. The lowest BCUT2D eigenvalue weighted by molar-refractivity contribution is 0.0574. The molecule has 2 N–H and O–H groups in total. The van der Waals surface area contributed by atoms with Gasteiger partial charge in [-0.05, 0) is 27.2 Å². The van der Waals surface area contributed by atoms with Crippen LogP contribution in [0.1, 0.15) is 34.1 Å². The zero-order valence-electron chi connectivity index (χ0n) is 13.5. The normalized spacial score (nSPS) is 13.4. The van der Waals surface area contributed by atoms with Gasteiger partial charge in [0, 0.05) is 39.5 Å². The molecule has 0 spiro atoms. The van der Waals surface area contributed by atoms with Gasteiger partial charge in [-0.15, -0.1) is 6.58 Å². The highest BCUT2D eigenvalue weighted by Gasteiger charge is 2.48. The minimum atomic E-state index is -2.65. The maximum Gasteiger partial charge on any atom is 0.518 e. The second-order valence-electron chi connectivity index (χ2n) is 4.31. The van der Waals surface area contributed by atoms with E-state index in [2.05, 4.69) is 24.1 Å². The molecule has 0 fully saturated rings. The molecule has 6 heteroatoms. The van der Waals surface area contributed by atoms with Crippen LogP contribution in [0.2, 0.25) is 0 Å². The summed E-state index contributed by atoms with van der Waals surface area (Å²) in [5.74, 6) is 0. The summed E-state index contributed by atoms with van der Waals surface area (Å²) in [7, 11) is -2.65. The Kier molecular flexibility index (Phi) is 12.3. The molecule has 1 atom stereocenters. The quantitative estimate of drug-likeness (QED) is 0.291. The van der Waals surface area contributed by atoms with Crippen molar-refractivity contribution < 1.29 is 13.3 Å². The molecule has 1 unspecified atom stereocenters. The van der Waals surface area contributed by atoms with Crippen molar-refractivity contribution in [1.82, 2.24) is 10.6 Å².